The number of hydrogen-bond donors (Lipinski definition) is 1. The number of carbonyl (C=O) groups is 1. The molecule has 1 aliphatic heterocycles. The zero-order valence-corrected chi connectivity index (χ0v) is 9.25. The van der Waals surface area contributed by atoms with Crippen LogP contribution >= 0.6 is 0 Å². The van der Waals surface area contributed by atoms with Gasteiger partial charge in [0.25, 0.3) is 0 Å². The van der Waals surface area contributed by atoms with Gasteiger partial charge in [-0.05, 0) is 38.5 Å². The summed E-state index contributed by atoms with van der Waals surface area (Å²) in [6, 6.07) is 0. The van der Waals surface area contributed by atoms with Crippen LogP contribution in [0, 0.1) is 5.92 Å². The maximum atomic E-state index is 10.8. The van der Waals surface area contributed by atoms with Crippen molar-refractivity contribution in [1.82, 2.24) is 0 Å². The van der Waals surface area contributed by atoms with E-state index in [1.807, 2.05) is 6.92 Å². The molecular formula is C11H20O3. The van der Waals surface area contributed by atoms with Crippen molar-refractivity contribution in [2.75, 3.05) is 0 Å². The molecule has 0 aromatic carbocycles. The normalized spacial score (nSPS) is 33.3. The molecule has 1 fully saturated rings. The van der Waals surface area contributed by atoms with Crippen LogP contribution in [0.4, 0.5) is 0 Å². The molecule has 3 nitrogen and oxygen atoms in total. The summed E-state index contributed by atoms with van der Waals surface area (Å²) in [4.78, 5) is 10.8. The highest BCUT2D eigenvalue weighted by Crippen LogP contribution is 2.33. The highest BCUT2D eigenvalue weighted by Gasteiger charge is 2.36. The van der Waals surface area contributed by atoms with E-state index in [1.54, 1.807) is 0 Å². The van der Waals surface area contributed by atoms with E-state index in [0.717, 1.165) is 19.3 Å². The fraction of sp³-hybridized carbons (Fsp3) is 0.909. The van der Waals surface area contributed by atoms with Crippen molar-refractivity contribution in [3.8, 4) is 0 Å². The average molecular weight is 200 g/mol. The van der Waals surface area contributed by atoms with E-state index in [0.29, 0.717) is 12.3 Å². The van der Waals surface area contributed by atoms with Crippen molar-refractivity contribution in [1.29, 1.82) is 0 Å². The van der Waals surface area contributed by atoms with Crippen LogP contribution in [0.1, 0.15) is 46.5 Å². The highest BCUT2D eigenvalue weighted by molar-refractivity contribution is 5.72. The third-order valence-electron chi connectivity index (χ3n) is 2.71. The predicted molar refractivity (Wildman–Crippen MR) is 54.2 cm³/mol. The second kappa shape index (κ2) is 4.30. The first kappa shape index (κ1) is 11.5. The average Bonchev–Trinajstić information content (AvgIpc) is 2.01. The first-order chi connectivity index (χ1) is 6.43. The standard InChI is InChI=1S/C11H20O3/c1-8(2)7-11(3)6-4-5-9(14-11)10(12)13/h8-9H,4-7H2,1-3H3,(H,12,13). The number of ether oxygens (including phenoxy) is 1. The van der Waals surface area contributed by atoms with Crippen molar-refractivity contribution in [3.63, 3.8) is 0 Å². The van der Waals surface area contributed by atoms with E-state index in [4.69, 9.17) is 9.84 Å². The molecular weight excluding hydrogens is 180 g/mol. The van der Waals surface area contributed by atoms with Gasteiger partial charge in [0.1, 0.15) is 0 Å². The zero-order valence-electron chi connectivity index (χ0n) is 9.25. The van der Waals surface area contributed by atoms with E-state index in [9.17, 15) is 4.79 Å². The molecule has 0 aromatic heterocycles. The summed E-state index contributed by atoms with van der Waals surface area (Å²) >= 11 is 0. The summed E-state index contributed by atoms with van der Waals surface area (Å²) in [5, 5.41) is 8.88. The molecule has 2 atom stereocenters. The molecule has 0 radical (unpaired) electrons. The predicted octanol–water partition coefficient (Wildman–Crippen LogP) is 2.44. The first-order valence-corrected chi connectivity index (χ1v) is 5.33. The van der Waals surface area contributed by atoms with E-state index >= 15 is 0 Å². The van der Waals surface area contributed by atoms with Crippen LogP contribution in [-0.2, 0) is 9.53 Å². The Labute approximate surface area is 85.5 Å². The third kappa shape index (κ3) is 2.98. The molecule has 82 valence electrons. The summed E-state index contributed by atoms with van der Waals surface area (Å²) in [7, 11) is 0. The van der Waals surface area contributed by atoms with Crippen molar-refractivity contribution < 1.29 is 14.6 Å². The monoisotopic (exact) mass is 200 g/mol. The van der Waals surface area contributed by atoms with Crippen LogP contribution in [0.3, 0.4) is 0 Å². The van der Waals surface area contributed by atoms with Crippen LogP contribution in [0.5, 0.6) is 0 Å². The SMILES string of the molecule is CC(C)CC1(C)CCCC(C(=O)O)O1. The minimum absolute atomic E-state index is 0.227. The van der Waals surface area contributed by atoms with Gasteiger partial charge in [-0.3, -0.25) is 0 Å². The van der Waals surface area contributed by atoms with Crippen molar-refractivity contribution >= 4 is 5.97 Å². The zero-order chi connectivity index (χ0) is 10.8. The molecule has 0 aromatic rings. The lowest BCUT2D eigenvalue weighted by Crippen LogP contribution is -2.42. The fourth-order valence-corrected chi connectivity index (χ4v) is 2.31. The number of carboxylic acids is 1. The second-order valence-electron chi connectivity index (χ2n) is 4.88. The maximum Gasteiger partial charge on any atom is 0.332 e. The van der Waals surface area contributed by atoms with Crippen LogP contribution < -0.4 is 0 Å². The van der Waals surface area contributed by atoms with E-state index < -0.39 is 12.1 Å². The molecule has 1 N–H and O–H groups in total. The van der Waals surface area contributed by atoms with Crippen LogP contribution in [0.15, 0.2) is 0 Å². The summed E-state index contributed by atoms with van der Waals surface area (Å²) in [5.74, 6) is -0.271. The Bertz CT molecular complexity index is 213. The summed E-state index contributed by atoms with van der Waals surface area (Å²) in [6.07, 6.45) is 2.95. The number of carboxylic acid groups (broad SMARTS) is 1. The maximum absolute atomic E-state index is 10.8. The van der Waals surface area contributed by atoms with Gasteiger partial charge >= 0.3 is 5.97 Å². The van der Waals surface area contributed by atoms with Gasteiger partial charge in [-0.25, -0.2) is 4.79 Å². The molecule has 0 saturated carbocycles. The third-order valence-corrected chi connectivity index (χ3v) is 2.71. The van der Waals surface area contributed by atoms with Gasteiger partial charge in [-0.2, -0.15) is 0 Å². The molecule has 1 aliphatic rings. The molecule has 0 bridgehead atoms. The molecule has 0 spiro atoms. The Morgan fingerprint density at radius 3 is 2.79 bits per heavy atom. The lowest BCUT2D eigenvalue weighted by Gasteiger charge is -2.38. The molecule has 1 rings (SSSR count). The molecule has 1 heterocycles. The van der Waals surface area contributed by atoms with Crippen LogP contribution in [-0.4, -0.2) is 22.8 Å². The molecule has 3 heteroatoms. The van der Waals surface area contributed by atoms with Crippen molar-refractivity contribution in [2.24, 2.45) is 5.92 Å². The minimum Gasteiger partial charge on any atom is -0.479 e. The Hall–Kier alpha value is -0.570. The highest BCUT2D eigenvalue weighted by atomic mass is 16.5. The van der Waals surface area contributed by atoms with Crippen LogP contribution in [0.2, 0.25) is 0 Å². The Morgan fingerprint density at radius 2 is 2.29 bits per heavy atom. The Kier molecular flexibility index (Phi) is 3.53. The molecule has 0 amide bonds. The summed E-state index contributed by atoms with van der Waals surface area (Å²) < 4.78 is 5.65. The fourth-order valence-electron chi connectivity index (χ4n) is 2.31. The Morgan fingerprint density at radius 1 is 1.64 bits per heavy atom. The van der Waals surface area contributed by atoms with Gasteiger partial charge in [0.05, 0.1) is 5.60 Å². The van der Waals surface area contributed by atoms with E-state index in [1.165, 1.54) is 0 Å². The summed E-state index contributed by atoms with van der Waals surface area (Å²) in [6.45, 7) is 6.31. The lowest BCUT2D eigenvalue weighted by atomic mass is 9.86. The molecule has 1 saturated heterocycles. The number of rotatable bonds is 3. The minimum atomic E-state index is -0.820. The smallest absolute Gasteiger partial charge is 0.332 e. The van der Waals surface area contributed by atoms with Gasteiger partial charge in [0.15, 0.2) is 6.10 Å². The van der Waals surface area contributed by atoms with Gasteiger partial charge < -0.3 is 9.84 Å². The van der Waals surface area contributed by atoms with Gasteiger partial charge in [0.2, 0.25) is 0 Å². The largest absolute Gasteiger partial charge is 0.479 e. The second-order valence-corrected chi connectivity index (χ2v) is 4.88. The van der Waals surface area contributed by atoms with Crippen molar-refractivity contribution in [2.45, 2.75) is 58.2 Å². The van der Waals surface area contributed by atoms with E-state index in [2.05, 4.69) is 13.8 Å². The Balaban J connectivity index is 2.57. The van der Waals surface area contributed by atoms with E-state index in [-0.39, 0.29) is 5.60 Å². The molecule has 0 aliphatic carbocycles. The summed E-state index contributed by atoms with van der Waals surface area (Å²) in [5.41, 5.74) is -0.227. The van der Waals surface area contributed by atoms with Gasteiger partial charge in [-0.15, -0.1) is 0 Å². The number of hydrogen-bond acceptors (Lipinski definition) is 2. The van der Waals surface area contributed by atoms with Crippen LogP contribution in [0.25, 0.3) is 0 Å². The van der Waals surface area contributed by atoms with Gasteiger partial charge in [-0.1, -0.05) is 13.8 Å². The van der Waals surface area contributed by atoms with Crippen molar-refractivity contribution in [3.05, 3.63) is 0 Å². The van der Waals surface area contributed by atoms with Gasteiger partial charge in [0, 0.05) is 0 Å². The number of aliphatic carboxylic acids is 1. The molecule has 14 heavy (non-hydrogen) atoms. The molecule has 2 unspecified atom stereocenters. The topological polar surface area (TPSA) is 46.5 Å². The quantitative estimate of drug-likeness (QED) is 0.761. The lowest BCUT2D eigenvalue weighted by molar-refractivity contribution is -0.174. The first-order valence-electron chi connectivity index (χ1n) is 5.33.